The number of nitrogens with two attached hydrogens (primary N) is 1. The highest BCUT2D eigenvalue weighted by molar-refractivity contribution is 8.00. The Balaban J connectivity index is 1.96. The number of benzene rings is 1. The van der Waals surface area contributed by atoms with Crippen LogP contribution in [0, 0.1) is 29.6 Å². The van der Waals surface area contributed by atoms with Gasteiger partial charge in [-0.25, -0.2) is 4.98 Å². The van der Waals surface area contributed by atoms with Crippen molar-refractivity contribution in [1.29, 1.82) is 10.5 Å². The van der Waals surface area contributed by atoms with E-state index in [1.807, 2.05) is 19.1 Å². The second-order valence-corrected chi connectivity index (χ2v) is 7.68. The molecule has 0 bridgehead atoms. The summed E-state index contributed by atoms with van der Waals surface area (Å²) in [7, 11) is 1.42. The lowest BCUT2D eigenvalue weighted by Gasteiger charge is -2.11. The first kappa shape index (κ1) is 21.9. The summed E-state index contributed by atoms with van der Waals surface area (Å²) in [6, 6.07) is 8.90. The van der Waals surface area contributed by atoms with Crippen molar-refractivity contribution in [3.8, 4) is 29.3 Å². The van der Waals surface area contributed by atoms with Gasteiger partial charge in [0.15, 0.2) is 13.0 Å². The van der Waals surface area contributed by atoms with E-state index in [0.29, 0.717) is 10.7 Å². The van der Waals surface area contributed by atoms with Gasteiger partial charge in [-0.1, -0.05) is 34.1 Å². The van der Waals surface area contributed by atoms with Crippen molar-refractivity contribution >= 4 is 40.8 Å². The van der Waals surface area contributed by atoms with Crippen LogP contribution in [0.15, 0.2) is 27.7 Å². The Bertz CT molecular complexity index is 1260. The summed E-state index contributed by atoms with van der Waals surface area (Å²) >= 11 is 6.90. The summed E-state index contributed by atoms with van der Waals surface area (Å²) in [4.78, 5) is 16.5. The number of rotatable bonds is 5. The minimum absolute atomic E-state index is 0.0418. The molecular weight excluding hydrogens is 442 g/mol. The third-order valence-electron chi connectivity index (χ3n) is 4.23. The van der Waals surface area contributed by atoms with Crippen LogP contribution >= 0.6 is 23.4 Å². The Morgan fingerprint density at radius 3 is 2.71 bits per heavy atom. The normalized spacial score (nSPS) is 10.4. The van der Waals surface area contributed by atoms with Crippen molar-refractivity contribution in [3.63, 3.8) is 0 Å². The first-order valence-electron chi connectivity index (χ1n) is 8.62. The zero-order valence-corrected chi connectivity index (χ0v) is 17.8. The van der Waals surface area contributed by atoms with E-state index in [9.17, 15) is 20.4 Å². The molecule has 0 radical (unpaired) electrons. The van der Waals surface area contributed by atoms with E-state index < -0.39 is 5.95 Å². The van der Waals surface area contributed by atoms with Crippen molar-refractivity contribution in [2.24, 2.45) is 7.05 Å². The number of halogens is 1. The summed E-state index contributed by atoms with van der Waals surface area (Å²) < 4.78 is 5.71. The predicted octanol–water partition coefficient (Wildman–Crippen LogP) is 1.65. The van der Waals surface area contributed by atoms with Gasteiger partial charge in [0.25, 0.3) is 5.69 Å². The summed E-state index contributed by atoms with van der Waals surface area (Å²) in [5, 5.41) is 38.2. The van der Waals surface area contributed by atoms with Crippen LogP contribution in [-0.4, -0.2) is 21.9 Å². The highest BCUT2D eigenvalue weighted by Crippen LogP contribution is 2.36. The number of nitriles is 2. The summed E-state index contributed by atoms with van der Waals surface area (Å²) in [6.45, 7) is 1.82. The van der Waals surface area contributed by atoms with E-state index in [-0.39, 0.29) is 44.9 Å². The fraction of sp³-hybridized carbons (Fsp3) is 0.158. The van der Waals surface area contributed by atoms with Crippen LogP contribution in [0.3, 0.4) is 0 Å². The SMILES string of the molecule is Cc1ccc(Cl)cc1NC(=O)CSc1nc(N)c(C#N)c(-c2c([O-])on[n+]2C)c1C#N. The number of pyridine rings is 1. The Morgan fingerprint density at radius 2 is 2.10 bits per heavy atom. The zero-order chi connectivity index (χ0) is 22.7. The maximum absolute atomic E-state index is 12.4. The average molecular weight is 456 g/mol. The molecule has 0 saturated heterocycles. The number of nitrogens with zero attached hydrogens (tertiary/aromatic N) is 5. The van der Waals surface area contributed by atoms with Gasteiger partial charge in [0.05, 0.1) is 22.2 Å². The molecular formula is C19H14ClN7O3S. The zero-order valence-electron chi connectivity index (χ0n) is 16.3. The maximum Gasteiger partial charge on any atom is 0.266 e. The van der Waals surface area contributed by atoms with E-state index >= 15 is 0 Å². The number of carbonyl (C=O) groups excluding carboxylic acids is 1. The average Bonchev–Trinajstić information content (AvgIpc) is 3.06. The van der Waals surface area contributed by atoms with Crippen LogP contribution in [0.1, 0.15) is 16.7 Å². The summed E-state index contributed by atoms with van der Waals surface area (Å²) in [5.41, 5.74) is 6.87. The number of nitrogens with one attached hydrogen (secondary N) is 1. The second-order valence-electron chi connectivity index (χ2n) is 6.28. The number of aromatic nitrogens is 3. The monoisotopic (exact) mass is 455 g/mol. The quantitative estimate of drug-likeness (QED) is 0.429. The molecule has 2 heterocycles. The highest BCUT2D eigenvalue weighted by Gasteiger charge is 2.29. The van der Waals surface area contributed by atoms with Gasteiger partial charge < -0.3 is 20.7 Å². The lowest BCUT2D eigenvalue weighted by Crippen LogP contribution is -2.32. The third-order valence-corrected chi connectivity index (χ3v) is 5.44. The summed E-state index contributed by atoms with van der Waals surface area (Å²) in [5.74, 6) is -1.51. The van der Waals surface area contributed by atoms with Crippen LogP contribution in [0.2, 0.25) is 5.02 Å². The van der Waals surface area contributed by atoms with Gasteiger partial charge in [-0.3, -0.25) is 4.79 Å². The molecule has 10 nitrogen and oxygen atoms in total. The fourth-order valence-electron chi connectivity index (χ4n) is 2.77. The molecule has 3 aromatic rings. The van der Waals surface area contributed by atoms with Crippen LogP contribution in [-0.2, 0) is 11.8 Å². The number of hydrogen-bond acceptors (Lipinski definition) is 9. The van der Waals surface area contributed by atoms with Crippen molar-refractivity contribution in [2.45, 2.75) is 11.9 Å². The lowest BCUT2D eigenvalue weighted by molar-refractivity contribution is -0.730. The molecule has 31 heavy (non-hydrogen) atoms. The van der Waals surface area contributed by atoms with E-state index in [2.05, 4.69) is 20.1 Å². The Labute approximate surface area is 185 Å². The van der Waals surface area contributed by atoms with Crippen LogP contribution in [0.5, 0.6) is 5.95 Å². The molecule has 0 aliphatic heterocycles. The van der Waals surface area contributed by atoms with Gasteiger partial charge in [0.1, 0.15) is 28.5 Å². The van der Waals surface area contributed by atoms with Crippen molar-refractivity contribution in [1.82, 2.24) is 10.3 Å². The number of carbonyl (C=O) groups is 1. The molecule has 0 aliphatic carbocycles. The van der Waals surface area contributed by atoms with Crippen LogP contribution in [0.4, 0.5) is 11.5 Å². The van der Waals surface area contributed by atoms with Crippen molar-refractivity contribution in [2.75, 3.05) is 16.8 Å². The Morgan fingerprint density at radius 1 is 1.39 bits per heavy atom. The largest absolute Gasteiger partial charge is 0.539 e. The smallest absolute Gasteiger partial charge is 0.266 e. The Hall–Kier alpha value is -3.80. The molecule has 3 N–H and O–H groups in total. The highest BCUT2D eigenvalue weighted by atomic mass is 35.5. The molecule has 12 heteroatoms. The van der Waals surface area contributed by atoms with Gasteiger partial charge >= 0.3 is 0 Å². The third kappa shape index (κ3) is 4.38. The number of thioether (sulfide) groups is 1. The lowest BCUT2D eigenvalue weighted by atomic mass is 10.0. The molecule has 156 valence electrons. The molecule has 0 saturated carbocycles. The predicted molar refractivity (Wildman–Crippen MR) is 110 cm³/mol. The van der Waals surface area contributed by atoms with E-state index in [1.165, 1.54) is 7.05 Å². The topological polar surface area (TPSA) is 169 Å². The van der Waals surface area contributed by atoms with E-state index in [1.54, 1.807) is 18.2 Å². The number of hydrogen-bond donors (Lipinski definition) is 2. The molecule has 3 rings (SSSR count). The molecule has 0 aliphatic rings. The van der Waals surface area contributed by atoms with Gasteiger partial charge in [-0.15, -0.1) is 0 Å². The molecule has 1 aromatic carbocycles. The standard InChI is InChI=1S/C19H14ClN7O3S/c1-9-3-4-10(20)5-13(9)24-14(28)8-31-18-12(7-22)15(11(6-21)17(23)25-18)16-19(29)30-26-27(16)2/h3-5H,8H2,1-2H3,(H3-,23,24,25,26,28,29). The van der Waals surface area contributed by atoms with Crippen molar-refractivity contribution in [3.05, 3.63) is 39.9 Å². The summed E-state index contributed by atoms with van der Waals surface area (Å²) in [6.07, 6.45) is 0. The number of aryl methyl sites for hydroxylation is 2. The molecule has 2 aromatic heterocycles. The number of anilines is 2. The minimum atomic E-state index is -0.841. The molecule has 0 spiro atoms. The maximum atomic E-state index is 12.4. The van der Waals surface area contributed by atoms with E-state index in [4.69, 9.17) is 17.3 Å². The van der Waals surface area contributed by atoms with Crippen molar-refractivity contribution < 1.29 is 19.1 Å². The minimum Gasteiger partial charge on any atom is -0.539 e. The fourth-order valence-corrected chi connectivity index (χ4v) is 3.73. The van der Waals surface area contributed by atoms with Gasteiger partial charge in [0, 0.05) is 10.7 Å². The first-order chi connectivity index (χ1) is 14.8. The molecule has 0 atom stereocenters. The molecule has 0 unspecified atom stereocenters. The molecule has 1 amide bonds. The van der Waals surface area contributed by atoms with Gasteiger partial charge in [-0.2, -0.15) is 10.5 Å². The van der Waals surface area contributed by atoms with E-state index in [0.717, 1.165) is 22.0 Å². The Kier molecular flexibility index (Phi) is 6.30. The molecule has 0 fully saturated rings. The van der Waals surface area contributed by atoms with Crippen LogP contribution in [0.25, 0.3) is 11.3 Å². The van der Waals surface area contributed by atoms with Gasteiger partial charge in [-0.05, 0) is 24.6 Å². The number of amides is 1. The number of nitrogen functional groups attached to an aromatic ring is 1. The van der Waals surface area contributed by atoms with Gasteiger partial charge in [0.2, 0.25) is 5.91 Å². The second kappa shape index (κ2) is 8.92. The van der Waals surface area contributed by atoms with Crippen LogP contribution < -0.4 is 20.8 Å². The first-order valence-corrected chi connectivity index (χ1v) is 9.99.